The number of carbonyl (C=O) groups is 7. The summed E-state index contributed by atoms with van der Waals surface area (Å²) in [5.74, 6) is -5.98. The topological polar surface area (TPSA) is 201 Å². The summed E-state index contributed by atoms with van der Waals surface area (Å²) in [6, 6.07) is 3.47. The molecule has 1 saturated carbocycles. The van der Waals surface area contributed by atoms with Gasteiger partial charge in [0.25, 0.3) is 5.91 Å². The number of amides is 6. The fraction of sp³-hybridized carbons (Fsp3) is 0.690. The molecule has 6 amide bonds. The molecule has 1 aromatic rings. The van der Waals surface area contributed by atoms with Crippen molar-refractivity contribution in [1.82, 2.24) is 31.5 Å². The molecular weight excluding hydrogens is 789 g/mol. The molecule has 15 nitrogen and oxygen atoms in total. The van der Waals surface area contributed by atoms with Crippen molar-refractivity contribution in [3.63, 3.8) is 0 Å². The Kier molecular flexibility index (Phi) is 21.0. The number of nitrogens with zero attached hydrogens (tertiary/aromatic N) is 1. The fourth-order valence-electron chi connectivity index (χ4n) is 7.50. The number of alkyl halides is 3. The minimum absolute atomic E-state index is 0.0413. The number of ketones is 1. The Bertz CT molecular complexity index is 1590. The van der Waals surface area contributed by atoms with Crippen molar-refractivity contribution in [3.05, 3.63) is 35.9 Å². The second kappa shape index (κ2) is 24.5. The highest BCUT2D eigenvalue weighted by Crippen LogP contribution is 2.35. The molecule has 60 heavy (non-hydrogen) atoms. The molecule has 2 fully saturated rings. The Hall–Kier alpha value is -4.74. The zero-order chi connectivity index (χ0) is 45.2. The van der Waals surface area contributed by atoms with Gasteiger partial charge in [-0.15, -0.1) is 0 Å². The van der Waals surface area contributed by atoms with E-state index in [9.17, 15) is 46.7 Å². The van der Waals surface area contributed by atoms with E-state index in [0.29, 0.717) is 37.7 Å². The van der Waals surface area contributed by atoms with E-state index in [4.69, 9.17) is 4.74 Å². The van der Waals surface area contributed by atoms with Gasteiger partial charge in [-0.1, -0.05) is 83.7 Å². The number of halogens is 3. The number of hydrogen-bond donors (Lipinski definition) is 5. The fourth-order valence-corrected chi connectivity index (χ4v) is 7.50. The lowest BCUT2D eigenvalue weighted by atomic mass is 9.83. The predicted octanol–water partition coefficient (Wildman–Crippen LogP) is 4.49. The van der Waals surface area contributed by atoms with Crippen LogP contribution in [-0.2, 0) is 38.2 Å². The van der Waals surface area contributed by atoms with Gasteiger partial charge in [0, 0.05) is 20.7 Å². The van der Waals surface area contributed by atoms with E-state index in [1.165, 1.54) is 19.1 Å². The number of carbonyl (C=O) groups excluding carboxylic acids is 7. The van der Waals surface area contributed by atoms with Gasteiger partial charge in [-0.3, -0.25) is 28.8 Å². The summed E-state index contributed by atoms with van der Waals surface area (Å²) >= 11 is 0. The largest absolute Gasteiger partial charge is 0.440 e. The van der Waals surface area contributed by atoms with Crippen LogP contribution in [-0.4, -0.2) is 110 Å². The number of hydrogen-bond acceptors (Lipinski definition) is 9. The number of likely N-dealkylation sites (tertiary alicyclic amines) is 1. The number of alkyl carbamates (subject to hydrolysis) is 1. The maximum Gasteiger partial charge on any atom is 0.422 e. The first-order valence-corrected chi connectivity index (χ1v) is 20.8. The van der Waals surface area contributed by atoms with Crippen LogP contribution >= 0.6 is 0 Å². The Balaban J connectivity index is 0.00000610. The number of ether oxygens (including phenoxy) is 2. The number of benzene rings is 1. The summed E-state index contributed by atoms with van der Waals surface area (Å²) in [6.45, 7) is 8.87. The van der Waals surface area contributed by atoms with Gasteiger partial charge >= 0.3 is 12.3 Å². The first-order chi connectivity index (χ1) is 28.3. The molecule has 338 valence electrons. The molecule has 0 aromatic heterocycles. The van der Waals surface area contributed by atoms with Crippen LogP contribution in [0.5, 0.6) is 0 Å². The first kappa shape index (κ1) is 51.4. The second-order valence-corrected chi connectivity index (χ2v) is 15.8. The molecule has 1 aliphatic heterocycles. The predicted molar refractivity (Wildman–Crippen MR) is 217 cm³/mol. The van der Waals surface area contributed by atoms with Crippen molar-refractivity contribution < 1.29 is 56.2 Å². The van der Waals surface area contributed by atoms with Crippen molar-refractivity contribution in [3.8, 4) is 0 Å². The summed E-state index contributed by atoms with van der Waals surface area (Å²) in [4.78, 5) is 95.2. The highest BCUT2D eigenvalue weighted by Gasteiger charge is 2.48. The summed E-state index contributed by atoms with van der Waals surface area (Å²) in [7, 11) is 2.91. The van der Waals surface area contributed by atoms with Gasteiger partial charge in [-0.2, -0.15) is 13.2 Å². The van der Waals surface area contributed by atoms with E-state index < -0.39 is 102 Å². The molecule has 1 aromatic carbocycles. The lowest BCUT2D eigenvalue weighted by Gasteiger charge is -2.36. The van der Waals surface area contributed by atoms with Crippen LogP contribution in [0.2, 0.25) is 0 Å². The first-order valence-electron chi connectivity index (χ1n) is 20.8. The van der Waals surface area contributed by atoms with Crippen LogP contribution in [0, 0.1) is 17.8 Å². The molecule has 0 radical (unpaired) electrons. The molecule has 0 bridgehead atoms. The number of likely N-dealkylation sites (N-methyl/N-ethyl adjacent to an activating group) is 1. The Morgan fingerprint density at radius 3 is 2.12 bits per heavy atom. The van der Waals surface area contributed by atoms with Gasteiger partial charge in [-0.25, -0.2) is 4.79 Å². The SMILES string of the molecule is CC.CCC(C)CC(NC(=O)C1[C@@H](CC(C)(C)OC)CCN1C(=O)C(NC(=O)OCC(F)(F)F)C1CCCCC1)C(=O)C(=O)NCC(=O)NC(C(=O)NC)c1ccccc1. The van der Waals surface area contributed by atoms with Crippen LogP contribution in [0.25, 0.3) is 0 Å². The van der Waals surface area contributed by atoms with Gasteiger partial charge in [0.2, 0.25) is 29.4 Å². The third-order valence-corrected chi connectivity index (χ3v) is 11.0. The summed E-state index contributed by atoms with van der Waals surface area (Å²) in [6.07, 6.45) is -1.59. The van der Waals surface area contributed by atoms with Crippen molar-refractivity contribution in [2.45, 2.75) is 135 Å². The Morgan fingerprint density at radius 2 is 1.55 bits per heavy atom. The number of Topliss-reactive ketones (excluding diaryl/α,β-unsaturated/α-hetero) is 1. The molecule has 5 N–H and O–H groups in total. The minimum Gasteiger partial charge on any atom is -0.440 e. The Labute approximate surface area is 351 Å². The average molecular weight is 855 g/mol. The highest BCUT2D eigenvalue weighted by molar-refractivity contribution is 6.38. The van der Waals surface area contributed by atoms with Crippen molar-refractivity contribution in [1.29, 1.82) is 0 Å². The zero-order valence-corrected chi connectivity index (χ0v) is 36.2. The lowest BCUT2D eigenvalue weighted by Crippen LogP contribution is -2.59. The number of nitrogens with one attached hydrogen (secondary N) is 5. The molecule has 1 aliphatic carbocycles. The molecule has 6 atom stereocenters. The number of methoxy groups -OCH3 is 1. The van der Waals surface area contributed by atoms with Crippen LogP contribution < -0.4 is 26.6 Å². The molecule has 5 unspecified atom stereocenters. The van der Waals surface area contributed by atoms with Crippen LogP contribution in [0.1, 0.15) is 111 Å². The van der Waals surface area contributed by atoms with Crippen LogP contribution in [0.4, 0.5) is 18.0 Å². The second-order valence-electron chi connectivity index (χ2n) is 15.8. The van der Waals surface area contributed by atoms with Gasteiger partial charge in [0.1, 0.15) is 18.1 Å². The monoisotopic (exact) mass is 854 g/mol. The average Bonchev–Trinajstić information content (AvgIpc) is 3.65. The molecule has 18 heteroatoms. The lowest BCUT2D eigenvalue weighted by molar-refractivity contribution is -0.160. The van der Waals surface area contributed by atoms with Gasteiger partial charge in [0.15, 0.2) is 6.61 Å². The Morgan fingerprint density at radius 1 is 0.917 bits per heavy atom. The number of rotatable bonds is 19. The van der Waals surface area contributed by atoms with Gasteiger partial charge in [0.05, 0.1) is 18.2 Å². The minimum atomic E-state index is -4.79. The van der Waals surface area contributed by atoms with Crippen LogP contribution in [0.3, 0.4) is 0 Å². The van der Waals surface area contributed by atoms with Crippen molar-refractivity contribution >= 4 is 41.4 Å². The van der Waals surface area contributed by atoms with Crippen molar-refractivity contribution in [2.24, 2.45) is 17.8 Å². The molecular formula is C42H65F3N6O9. The maximum atomic E-state index is 14.4. The molecule has 2 aliphatic rings. The summed E-state index contributed by atoms with van der Waals surface area (Å²) in [5.41, 5.74) is -0.267. The van der Waals surface area contributed by atoms with E-state index in [1.54, 1.807) is 30.3 Å². The van der Waals surface area contributed by atoms with E-state index in [0.717, 1.165) is 19.3 Å². The van der Waals surface area contributed by atoms with E-state index in [1.807, 2.05) is 41.5 Å². The quantitative estimate of drug-likeness (QED) is 0.124. The maximum absolute atomic E-state index is 14.4. The molecule has 1 saturated heterocycles. The molecule has 0 spiro atoms. The van der Waals surface area contributed by atoms with Crippen LogP contribution in [0.15, 0.2) is 30.3 Å². The summed E-state index contributed by atoms with van der Waals surface area (Å²) in [5, 5.41) is 12.4. The van der Waals surface area contributed by atoms with Gasteiger partial charge in [-0.05, 0) is 69.3 Å². The highest BCUT2D eigenvalue weighted by atomic mass is 19.4. The third kappa shape index (κ3) is 16.0. The standard InChI is InChI=1S/C40H59F3N6O9.C2H6/c1-7-24(2)20-28(33(51)36(54)45-22-29(50)47-30(34(52)44-5)25-14-10-8-11-15-25)46-35(53)32-27(21-39(3,4)57-6)18-19-49(32)37(55)31(26-16-12-9-13-17-26)48-38(56)58-23-40(41,42)43;1-2/h8,10-11,14-15,24,26-28,30-32H,7,9,12-13,16-23H2,1-6H3,(H,44,52)(H,45,54)(H,46,53)(H,47,50)(H,48,56);1-2H3/t24?,27-,28?,30?,31?,32?;/m1./s1. The van der Waals surface area contributed by atoms with E-state index >= 15 is 0 Å². The third-order valence-electron chi connectivity index (χ3n) is 11.0. The van der Waals surface area contributed by atoms with Crippen molar-refractivity contribution in [2.75, 3.05) is 33.9 Å². The van der Waals surface area contributed by atoms with Gasteiger partial charge < -0.3 is 41.0 Å². The van der Waals surface area contributed by atoms with E-state index in [2.05, 4.69) is 31.3 Å². The zero-order valence-electron chi connectivity index (χ0n) is 36.2. The molecule has 3 rings (SSSR count). The normalized spacial score (nSPS) is 18.9. The smallest absolute Gasteiger partial charge is 0.422 e. The summed E-state index contributed by atoms with van der Waals surface area (Å²) < 4.78 is 48.7. The molecule has 1 heterocycles. The van der Waals surface area contributed by atoms with E-state index in [-0.39, 0.29) is 18.9 Å².